The van der Waals surface area contributed by atoms with Crippen LogP contribution in [0.4, 0.5) is 0 Å². The zero-order chi connectivity index (χ0) is 13.8. The van der Waals surface area contributed by atoms with Crippen LogP contribution >= 0.6 is 31.9 Å². The molecule has 1 N–H and O–H groups in total. The van der Waals surface area contributed by atoms with Crippen molar-refractivity contribution in [3.05, 3.63) is 33.8 Å². The smallest absolute Gasteiger partial charge is 0.252 e. The quantitative estimate of drug-likeness (QED) is 0.762. The Hall–Kier alpha value is -0.350. The molecule has 1 fully saturated rings. The van der Waals surface area contributed by atoms with Crippen LogP contribution in [0.3, 0.4) is 0 Å². The predicted octanol–water partition coefficient (Wildman–Crippen LogP) is 4.44. The first-order chi connectivity index (χ1) is 9.06. The lowest BCUT2D eigenvalue weighted by Crippen LogP contribution is -2.32. The van der Waals surface area contributed by atoms with Gasteiger partial charge in [0.2, 0.25) is 0 Å². The van der Waals surface area contributed by atoms with E-state index in [0.29, 0.717) is 10.7 Å². The van der Waals surface area contributed by atoms with Crippen molar-refractivity contribution in [3.63, 3.8) is 0 Å². The van der Waals surface area contributed by atoms with E-state index in [2.05, 4.69) is 37.2 Å². The maximum Gasteiger partial charge on any atom is 0.252 e. The van der Waals surface area contributed by atoms with Crippen molar-refractivity contribution in [2.45, 2.75) is 37.4 Å². The predicted molar refractivity (Wildman–Crippen MR) is 85.9 cm³/mol. The minimum absolute atomic E-state index is 0.0172. The maximum absolute atomic E-state index is 12.1. The van der Waals surface area contributed by atoms with Crippen LogP contribution in [0, 0.1) is 12.8 Å². The van der Waals surface area contributed by atoms with E-state index < -0.39 is 0 Å². The highest BCUT2D eigenvalue weighted by molar-refractivity contribution is 9.10. The zero-order valence-corrected chi connectivity index (χ0v) is 14.3. The van der Waals surface area contributed by atoms with Gasteiger partial charge in [-0.2, -0.15) is 0 Å². The molecule has 0 aromatic heterocycles. The number of carbonyl (C=O) groups is 1. The molecule has 1 aromatic carbocycles. The second-order valence-electron chi connectivity index (χ2n) is 5.32. The third kappa shape index (κ3) is 4.32. The first-order valence-corrected chi connectivity index (χ1v) is 8.45. The van der Waals surface area contributed by atoms with Gasteiger partial charge in [-0.1, -0.05) is 28.4 Å². The van der Waals surface area contributed by atoms with E-state index in [0.717, 1.165) is 28.6 Å². The molecular weight excluding hydrogens is 370 g/mol. The van der Waals surface area contributed by atoms with Crippen molar-refractivity contribution in [2.24, 2.45) is 5.92 Å². The number of hydrogen-bond donors (Lipinski definition) is 1. The van der Waals surface area contributed by atoms with Crippen LogP contribution in [0.2, 0.25) is 0 Å². The molecule has 104 valence electrons. The Labute approximate surface area is 131 Å². The summed E-state index contributed by atoms with van der Waals surface area (Å²) in [5.41, 5.74) is 1.87. The molecule has 1 aliphatic rings. The minimum Gasteiger partial charge on any atom is -0.352 e. The van der Waals surface area contributed by atoms with Crippen molar-refractivity contribution in [2.75, 3.05) is 6.54 Å². The summed E-state index contributed by atoms with van der Waals surface area (Å²) in [5, 5.41) is 3.06. The lowest BCUT2D eigenvalue weighted by Gasteiger charge is -2.25. The van der Waals surface area contributed by atoms with Crippen LogP contribution in [0.5, 0.6) is 0 Å². The van der Waals surface area contributed by atoms with E-state index in [9.17, 15) is 4.79 Å². The van der Waals surface area contributed by atoms with E-state index in [-0.39, 0.29) is 5.91 Å². The zero-order valence-electron chi connectivity index (χ0n) is 11.1. The Morgan fingerprint density at radius 3 is 2.89 bits per heavy atom. The number of alkyl halides is 1. The number of rotatable bonds is 3. The third-order valence-electron chi connectivity index (χ3n) is 3.64. The summed E-state index contributed by atoms with van der Waals surface area (Å²) in [7, 11) is 0. The van der Waals surface area contributed by atoms with Gasteiger partial charge in [0.1, 0.15) is 0 Å². The van der Waals surface area contributed by atoms with Crippen molar-refractivity contribution < 1.29 is 4.79 Å². The molecule has 2 nitrogen and oxygen atoms in total. The van der Waals surface area contributed by atoms with Crippen LogP contribution in [0.25, 0.3) is 0 Å². The monoisotopic (exact) mass is 387 g/mol. The summed E-state index contributed by atoms with van der Waals surface area (Å²) in [5.74, 6) is 0.620. The summed E-state index contributed by atoms with van der Waals surface area (Å²) >= 11 is 7.13. The number of aryl methyl sites for hydroxylation is 1. The average molecular weight is 389 g/mol. The third-order valence-corrected chi connectivity index (χ3v) is 5.13. The van der Waals surface area contributed by atoms with Crippen molar-refractivity contribution in [1.29, 1.82) is 0 Å². The van der Waals surface area contributed by atoms with Crippen LogP contribution in [0.15, 0.2) is 22.7 Å². The Morgan fingerprint density at radius 1 is 1.42 bits per heavy atom. The van der Waals surface area contributed by atoms with Crippen LogP contribution in [-0.4, -0.2) is 17.3 Å². The summed E-state index contributed by atoms with van der Waals surface area (Å²) in [6.45, 7) is 2.80. The Bertz CT molecular complexity index is 461. The lowest BCUT2D eigenvalue weighted by atomic mass is 9.89. The molecule has 0 aliphatic heterocycles. The van der Waals surface area contributed by atoms with E-state index in [4.69, 9.17) is 0 Å². The molecule has 1 aromatic rings. The lowest BCUT2D eigenvalue weighted by molar-refractivity contribution is 0.0943. The fourth-order valence-corrected chi connectivity index (χ4v) is 4.07. The number of halogens is 2. The average Bonchev–Trinajstić information content (AvgIpc) is 2.36. The molecule has 0 radical (unpaired) electrons. The molecule has 2 rings (SSSR count). The molecule has 4 heteroatoms. The molecule has 2 atom stereocenters. The fourth-order valence-electron chi connectivity index (χ4n) is 2.55. The molecule has 0 spiro atoms. The molecule has 1 aliphatic carbocycles. The van der Waals surface area contributed by atoms with Crippen LogP contribution < -0.4 is 5.32 Å². The highest BCUT2D eigenvalue weighted by Gasteiger charge is 2.20. The standard InChI is InChI=1S/C15H19Br2NO/c1-10-5-6-13(14(17)7-10)15(19)18-9-11-3-2-4-12(16)8-11/h5-7,11-12H,2-4,8-9H2,1H3,(H,18,19). The SMILES string of the molecule is Cc1ccc(C(=O)NCC2CCCC(Br)C2)c(Br)c1. The number of hydrogen-bond acceptors (Lipinski definition) is 1. The molecule has 2 unspecified atom stereocenters. The summed E-state index contributed by atoms with van der Waals surface area (Å²) in [6.07, 6.45) is 4.89. The number of benzene rings is 1. The summed E-state index contributed by atoms with van der Waals surface area (Å²) in [4.78, 5) is 12.8. The first kappa shape index (κ1) is 15.0. The van der Waals surface area contributed by atoms with Gasteiger partial charge in [-0.25, -0.2) is 0 Å². The first-order valence-electron chi connectivity index (χ1n) is 6.74. The van der Waals surface area contributed by atoms with Gasteiger partial charge in [-0.3, -0.25) is 4.79 Å². The van der Waals surface area contributed by atoms with E-state index in [1.807, 2.05) is 25.1 Å². The molecular formula is C15H19Br2NO. The Morgan fingerprint density at radius 2 is 2.21 bits per heavy atom. The van der Waals surface area contributed by atoms with Gasteiger partial charge in [0.05, 0.1) is 5.56 Å². The van der Waals surface area contributed by atoms with Gasteiger partial charge < -0.3 is 5.32 Å². The van der Waals surface area contributed by atoms with E-state index in [1.165, 1.54) is 19.3 Å². The van der Waals surface area contributed by atoms with E-state index in [1.54, 1.807) is 0 Å². The number of carbonyl (C=O) groups excluding carboxylic acids is 1. The normalized spacial score (nSPS) is 23.1. The Kier molecular flexibility index (Phi) is 5.46. The highest BCUT2D eigenvalue weighted by atomic mass is 79.9. The molecule has 19 heavy (non-hydrogen) atoms. The fraction of sp³-hybridized carbons (Fsp3) is 0.533. The van der Waals surface area contributed by atoms with Crippen molar-refractivity contribution in [1.82, 2.24) is 5.32 Å². The highest BCUT2D eigenvalue weighted by Crippen LogP contribution is 2.28. The van der Waals surface area contributed by atoms with Gasteiger partial charge >= 0.3 is 0 Å². The summed E-state index contributed by atoms with van der Waals surface area (Å²) < 4.78 is 0.868. The maximum atomic E-state index is 12.1. The van der Waals surface area contributed by atoms with Crippen molar-refractivity contribution >= 4 is 37.8 Å². The van der Waals surface area contributed by atoms with Gasteiger partial charge in [0.25, 0.3) is 5.91 Å². The van der Waals surface area contributed by atoms with Crippen LogP contribution in [-0.2, 0) is 0 Å². The molecule has 1 saturated carbocycles. The van der Waals surface area contributed by atoms with E-state index >= 15 is 0 Å². The molecule has 0 heterocycles. The van der Waals surface area contributed by atoms with Crippen LogP contribution in [0.1, 0.15) is 41.6 Å². The second kappa shape index (κ2) is 6.89. The minimum atomic E-state index is 0.0172. The topological polar surface area (TPSA) is 29.1 Å². The molecule has 1 amide bonds. The Balaban J connectivity index is 1.90. The number of amides is 1. The van der Waals surface area contributed by atoms with Gasteiger partial charge in [-0.05, 0) is 65.7 Å². The molecule has 0 bridgehead atoms. The van der Waals surface area contributed by atoms with Gasteiger partial charge in [-0.15, -0.1) is 0 Å². The van der Waals surface area contributed by atoms with Gasteiger partial charge in [0, 0.05) is 15.8 Å². The second-order valence-corrected chi connectivity index (χ2v) is 7.47. The number of nitrogens with one attached hydrogen (secondary N) is 1. The van der Waals surface area contributed by atoms with Gasteiger partial charge in [0.15, 0.2) is 0 Å². The largest absolute Gasteiger partial charge is 0.352 e. The van der Waals surface area contributed by atoms with Crippen molar-refractivity contribution in [3.8, 4) is 0 Å². The summed E-state index contributed by atoms with van der Waals surface area (Å²) in [6, 6.07) is 5.82. The molecule has 0 saturated heterocycles.